The highest BCUT2D eigenvalue weighted by atomic mass is 32.1. The van der Waals surface area contributed by atoms with Crippen molar-refractivity contribution in [2.45, 2.75) is 46.6 Å². The molecule has 0 saturated carbocycles. The van der Waals surface area contributed by atoms with Crippen LogP contribution in [0.25, 0.3) is 0 Å². The standard InChI is InChI=1S/C21H24N2O5S/c1-11(6-8-16(24)23-21-22-12(2)10-29-21)5-7-14-18(25)17-15(9-28-20(17)26)13(3)19(14)27-4/h5,10,25H,6-9H2,1-4H3,(H,22,23,24)/b11-5+. The molecule has 1 aliphatic heterocycles. The smallest absolute Gasteiger partial charge is 0.342 e. The highest BCUT2D eigenvalue weighted by Crippen LogP contribution is 2.42. The summed E-state index contributed by atoms with van der Waals surface area (Å²) in [6.07, 6.45) is 3.23. The number of carbonyl (C=O) groups is 2. The predicted molar refractivity (Wildman–Crippen MR) is 111 cm³/mol. The number of benzene rings is 1. The van der Waals surface area contributed by atoms with Gasteiger partial charge in [-0.15, -0.1) is 11.3 Å². The van der Waals surface area contributed by atoms with E-state index in [9.17, 15) is 14.7 Å². The van der Waals surface area contributed by atoms with Gasteiger partial charge in [0, 0.05) is 22.9 Å². The zero-order valence-corrected chi connectivity index (χ0v) is 17.7. The molecule has 0 atom stereocenters. The second kappa shape index (κ2) is 8.65. The first-order chi connectivity index (χ1) is 13.8. The van der Waals surface area contributed by atoms with Crippen molar-refractivity contribution in [1.82, 2.24) is 4.98 Å². The van der Waals surface area contributed by atoms with Crippen molar-refractivity contribution >= 4 is 28.3 Å². The van der Waals surface area contributed by atoms with Gasteiger partial charge in [0.15, 0.2) is 5.13 Å². The molecular weight excluding hydrogens is 392 g/mol. The minimum atomic E-state index is -0.515. The summed E-state index contributed by atoms with van der Waals surface area (Å²) in [4.78, 5) is 28.3. The molecule has 7 nitrogen and oxygen atoms in total. The molecular formula is C21H24N2O5S. The molecule has 3 rings (SSSR count). The molecule has 2 heterocycles. The first kappa shape index (κ1) is 20.9. The maximum Gasteiger partial charge on any atom is 0.342 e. The molecule has 2 aromatic rings. The highest BCUT2D eigenvalue weighted by Gasteiger charge is 2.31. The van der Waals surface area contributed by atoms with Crippen LogP contribution in [0.4, 0.5) is 5.13 Å². The van der Waals surface area contributed by atoms with E-state index in [1.807, 2.05) is 32.2 Å². The van der Waals surface area contributed by atoms with Gasteiger partial charge in [0.2, 0.25) is 5.91 Å². The summed E-state index contributed by atoms with van der Waals surface area (Å²) in [5.74, 6) is -0.144. The van der Waals surface area contributed by atoms with Gasteiger partial charge in [-0.1, -0.05) is 11.6 Å². The van der Waals surface area contributed by atoms with Gasteiger partial charge in [-0.25, -0.2) is 9.78 Å². The number of nitrogens with zero attached hydrogens (tertiary/aromatic N) is 1. The minimum absolute atomic E-state index is 0.0918. The maximum atomic E-state index is 12.1. The number of allylic oxidation sites excluding steroid dienone is 2. The molecule has 1 amide bonds. The van der Waals surface area contributed by atoms with Crippen LogP contribution in [0.3, 0.4) is 0 Å². The van der Waals surface area contributed by atoms with Crippen molar-refractivity contribution in [2.75, 3.05) is 12.4 Å². The number of anilines is 1. The summed E-state index contributed by atoms with van der Waals surface area (Å²) >= 11 is 1.40. The van der Waals surface area contributed by atoms with Gasteiger partial charge >= 0.3 is 5.97 Å². The van der Waals surface area contributed by atoms with Gasteiger partial charge in [0.25, 0.3) is 0 Å². The molecule has 0 aliphatic carbocycles. The number of phenolic OH excluding ortho intramolecular Hbond substituents is 1. The number of amides is 1. The molecule has 1 aliphatic rings. The number of aromatic hydroxyl groups is 1. The van der Waals surface area contributed by atoms with Gasteiger partial charge in [0.05, 0.1) is 12.8 Å². The molecule has 0 spiro atoms. The van der Waals surface area contributed by atoms with Crippen molar-refractivity contribution in [3.8, 4) is 11.5 Å². The number of aryl methyl sites for hydroxylation is 1. The number of hydrogen-bond acceptors (Lipinski definition) is 7. The molecule has 0 unspecified atom stereocenters. The number of aromatic nitrogens is 1. The van der Waals surface area contributed by atoms with Gasteiger partial charge in [-0.3, -0.25) is 4.79 Å². The summed E-state index contributed by atoms with van der Waals surface area (Å²) in [5.41, 5.74) is 4.11. The van der Waals surface area contributed by atoms with Crippen molar-refractivity contribution in [3.05, 3.63) is 45.0 Å². The molecule has 29 heavy (non-hydrogen) atoms. The van der Waals surface area contributed by atoms with E-state index in [0.717, 1.165) is 16.8 Å². The van der Waals surface area contributed by atoms with Crippen LogP contribution in [-0.2, 0) is 22.6 Å². The summed E-state index contributed by atoms with van der Waals surface area (Å²) in [7, 11) is 1.54. The maximum absolute atomic E-state index is 12.1. The number of thiazole rings is 1. The van der Waals surface area contributed by atoms with Crippen LogP contribution in [0.2, 0.25) is 0 Å². The molecule has 2 N–H and O–H groups in total. The number of rotatable bonds is 7. The van der Waals surface area contributed by atoms with Crippen LogP contribution in [0, 0.1) is 13.8 Å². The number of carbonyl (C=O) groups excluding carboxylic acids is 2. The average Bonchev–Trinajstić information content (AvgIpc) is 3.27. The molecule has 0 fully saturated rings. The van der Waals surface area contributed by atoms with Crippen LogP contribution < -0.4 is 10.1 Å². The minimum Gasteiger partial charge on any atom is -0.507 e. The summed E-state index contributed by atoms with van der Waals surface area (Å²) in [6.45, 7) is 5.80. The molecule has 1 aromatic carbocycles. The first-order valence-corrected chi connectivity index (χ1v) is 10.2. The first-order valence-electron chi connectivity index (χ1n) is 9.27. The highest BCUT2D eigenvalue weighted by molar-refractivity contribution is 7.13. The Morgan fingerprint density at radius 1 is 1.41 bits per heavy atom. The van der Waals surface area contributed by atoms with Crippen LogP contribution in [0.5, 0.6) is 11.5 Å². The van der Waals surface area contributed by atoms with Gasteiger partial charge < -0.3 is 19.9 Å². The molecule has 154 valence electrons. The second-order valence-corrected chi connectivity index (χ2v) is 7.87. The number of ether oxygens (including phenoxy) is 2. The second-order valence-electron chi connectivity index (χ2n) is 7.01. The van der Waals surface area contributed by atoms with E-state index >= 15 is 0 Å². The van der Waals surface area contributed by atoms with Gasteiger partial charge in [0.1, 0.15) is 23.7 Å². The fraction of sp³-hybridized carbons (Fsp3) is 0.381. The van der Waals surface area contributed by atoms with Gasteiger partial charge in [-0.2, -0.15) is 0 Å². The molecule has 0 bridgehead atoms. The van der Waals surface area contributed by atoms with E-state index in [2.05, 4.69) is 10.3 Å². The van der Waals surface area contributed by atoms with E-state index in [0.29, 0.717) is 41.3 Å². The predicted octanol–water partition coefficient (Wildman–Crippen LogP) is 4.05. The van der Waals surface area contributed by atoms with Crippen LogP contribution >= 0.6 is 11.3 Å². The monoisotopic (exact) mass is 416 g/mol. The Labute approximate surface area is 173 Å². The fourth-order valence-electron chi connectivity index (χ4n) is 3.31. The number of cyclic esters (lactones) is 1. The zero-order chi connectivity index (χ0) is 21.1. The lowest BCUT2D eigenvalue weighted by Crippen LogP contribution is -2.11. The van der Waals surface area contributed by atoms with Crippen LogP contribution in [0.1, 0.15) is 52.5 Å². The molecule has 1 aromatic heterocycles. The van der Waals surface area contributed by atoms with E-state index in [1.165, 1.54) is 18.4 Å². The Kier molecular flexibility index (Phi) is 6.22. The molecule has 0 saturated heterocycles. The SMILES string of the molecule is COc1c(C)c2c(c(O)c1C/C=C(\C)CCC(=O)Nc1nc(C)cs1)C(=O)OC2. The molecule has 0 radical (unpaired) electrons. The van der Waals surface area contributed by atoms with Crippen molar-refractivity contribution in [3.63, 3.8) is 0 Å². The fourth-order valence-corrected chi connectivity index (χ4v) is 4.01. The number of hydrogen-bond donors (Lipinski definition) is 2. The average molecular weight is 416 g/mol. The number of esters is 1. The lowest BCUT2D eigenvalue weighted by Gasteiger charge is -2.15. The van der Waals surface area contributed by atoms with E-state index < -0.39 is 5.97 Å². The third kappa shape index (κ3) is 4.42. The zero-order valence-electron chi connectivity index (χ0n) is 16.9. The quantitative estimate of drug-likeness (QED) is 0.522. The Morgan fingerprint density at radius 2 is 2.17 bits per heavy atom. The number of phenols is 1. The lowest BCUT2D eigenvalue weighted by atomic mass is 9.94. The summed E-state index contributed by atoms with van der Waals surface area (Å²) in [6, 6.07) is 0. The van der Waals surface area contributed by atoms with E-state index in [4.69, 9.17) is 9.47 Å². The normalized spacial score (nSPS) is 13.2. The Morgan fingerprint density at radius 3 is 2.83 bits per heavy atom. The summed E-state index contributed by atoms with van der Waals surface area (Å²) in [5, 5.41) is 15.9. The lowest BCUT2D eigenvalue weighted by molar-refractivity contribution is -0.116. The Bertz CT molecular complexity index is 993. The van der Waals surface area contributed by atoms with E-state index in [-0.39, 0.29) is 23.8 Å². The largest absolute Gasteiger partial charge is 0.507 e. The third-order valence-electron chi connectivity index (χ3n) is 4.91. The van der Waals surface area contributed by atoms with Crippen LogP contribution in [-0.4, -0.2) is 29.1 Å². The Balaban J connectivity index is 1.69. The van der Waals surface area contributed by atoms with Crippen molar-refractivity contribution < 1.29 is 24.2 Å². The van der Waals surface area contributed by atoms with Gasteiger partial charge in [-0.05, 0) is 39.2 Å². The van der Waals surface area contributed by atoms with E-state index in [1.54, 1.807) is 0 Å². The number of nitrogens with one attached hydrogen (secondary N) is 1. The molecule has 8 heteroatoms. The summed E-state index contributed by atoms with van der Waals surface area (Å²) < 4.78 is 10.6. The number of fused-ring (bicyclic) bond motifs is 1. The Hall–Kier alpha value is -2.87. The number of methoxy groups -OCH3 is 1. The topological polar surface area (TPSA) is 97.8 Å². The van der Waals surface area contributed by atoms with Crippen molar-refractivity contribution in [1.29, 1.82) is 0 Å². The van der Waals surface area contributed by atoms with Crippen LogP contribution in [0.15, 0.2) is 17.0 Å². The van der Waals surface area contributed by atoms with Crippen molar-refractivity contribution in [2.24, 2.45) is 0 Å². The third-order valence-corrected chi connectivity index (χ3v) is 5.79.